The fourth-order valence-corrected chi connectivity index (χ4v) is 1.95. The molecule has 0 saturated carbocycles. The van der Waals surface area contributed by atoms with Crippen LogP contribution in [0.5, 0.6) is 0 Å². The van der Waals surface area contributed by atoms with Crippen LogP contribution in [0.3, 0.4) is 0 Å². The Bertz CT molecular complexity index is 266. The molecular weight excluding hydrogens is 216 g/mol. The number of halogens is 1. The molecule has 0 aromatic carbocycles. The average molecular weight is 231 g/mol. The van der Waals surface area contributed by atoms with E-state index in [1.807, 2.05) is 6.92 Å². The van der Waals surface area contributed by atoms with Gasteiger partial charge in [-0.3, -0.25) is 0 Å². The van der Waals surface area contributed by atoms with Gasteiger partial charge < -0.3 is 4.57 Å². The van der Waals surface area contributed by atoms with Crippen LogP contribution in [-0.4, -0.2) is 9.55 Å². The molecule has 0 bridgehead atoms. The summed E-state index contributed by atoms with van der Waals surface area (Å²) in [6, 6.07) is 0. The van der Waals surface area contributed by atoms with E-state index in [0.29, 0.717) is 0 Å². The molecule has 1 rings (SSSR count). The normalized spacial score (nSPS) is 10.7. The van der Waals surface area contributed by atoms with Crippen LogP contribution in [0.25, 0.3) is 0 Å². The van der Waals surface area contributed by atoms with Gasteiger partial charge in [-0.15, -0.1) is 0 Å². The summed E-state index contributed by atoms with van der Waals surface area (Å²) in [6.45, 7) is 4.23. The van der Waals surface area contributed by atoms with E-state index in [1.54, 1.807) is 0 Å². The van der Waals surface area contributed by atoms with Crippen molar-refractivity contribution < 1.29 is 0 Å². The molecule has 1 heterocycles. The fourth-order valence-electron chi connectivity index (χ4n) is 1.23. The number of aromatic nitrogens is 2. The van der Waals surface area contributed by atoms with Gasteiger partial charge in [-0.25, -0.2) is 4.98 Å². The number of imidazole rings is 1. The largest absolute Gasteiger partial charge is 0.334 e. The molecule has 1 aromatic rings. The average Bonchev–Trinajstić information content (AvgIpc) is 2.25. The minimum Gasteiger partial charge on any atom is -0.334 e. The summed E-state index contributed by atoms with van der Waals surface area (Å²) < 4.78 is 3.16. The van der Waals surface area contributed by atoms with Crippen molar-refractivity contribution in [3.63, 3.8) is 0 Å². The molecule has 3 heteroatoms. The molecular formula is C9H15BrN2. The van der Waals surface area contributed by atoms with Crippen LogP contribution in [-0.2, 0) is 13.5 Å². The van der Waals surface area contributed by atoms with E-state index in [1.165, 1.54) is 18.5 Å². The second-order valence-corrected chi connectivity index (χ2v) is 3.81. The molecule has 0 fully saturated rings. The highest BCUT2D eigenvalue weighted by molar-refractivity contribution is 9.10. The molecule has 0 spiro atoms. The van der Waals surface area contributed by atoms with Gasteiger partial charge in [0.05, 0.1) is 5.69 Å². The minimum atomic E-state index is 1.01. The van der Waals surface area contributed by atoms with E-state index >= 15 is 0 Å². The first-order valence-corrected chi connectivity index (χ1v) is 5.13. The SMILES string of the molecule is CCCCc1c(Br)nc(C)n1C. The molecule has 0 aliphatic rings. The lowest BCUT2D eigenvalue weighted by Gasteiger charge is -2.02. The number of nitrogens with zero attached hydrogens (tertiary/aromatic N) is 2. The highest BCUT2D eigenvalue weighted by Crippen LogP contribution is 2.18. The Kier molecular flexibility index (Phi) is 3.32. The Labute approximate surface area is 82.1 Å². The van der Waals surface area contributed by atoms with E-state index in [-0.39, 0.29) is 0 Å². The summed E-state index contributed by atoms with van der Waals surface area (Å²) in [6.07, 6.45) is 3.59. The van der Waals surface area contributed by atoms with Crippen molar-refractivity contribution in [2.75, 3.05) is 0 Å². The summed E-state index contributed by atoms with van der Waals surface area (Å²) in [5, 5.41) is 0. The first-order valence-electron chi connectivity index (χ1n) is 4.34. The second kappa shape index (κ2) is 4.08. The Morgan fingerprint density at radius 3 is 2.58 bits per heavy atom. The van der Waals surface area contributed by atoms with Gasteiger partial charge in [0.15, 0.2) is 0 Å². The summed E-state index contributed by atoms with van der Waals surface area (Å²) >= 11 is 3.47. The van der Waals surface area contributed by atoms with Crippen molar-refractivity contribution in [3.8, 4) is 0 Å². The lowest BCUT2D eigenvalue weighted by atomic mass is 10.2. The van der Waals surface area contributed by atoms with Crippen molar-refractivity contribution in [1.29, 1.82) is 0 Å². The molecule has 0 atom stereocenters. The molecule has 0 aliphatic carbocycles. The molecule has 0 saturated heterocycles. The van der Waals surface area contributed by atoms with E-state index in [9.17, 15) is 0 Å². The third kappa shape index (κ3) is 1.89. The lowest BCUT2D eigenvalue weighted by Crippen LogP contribution is -1.98. The van der Waals surface area contributed by atoms with Crippen LogP contribution in [0.1, 0.15) is 31.3 Å². The van der Waals surface area contributed by atoms with Gasteiger partial charge in [-0.05, 0) is 35.7 Å². The van der Waals surface area contributed by atoms with Crippen LogP contribution in [0, 0.1) is 6.92 Å². The maximum atomic E-state index is 4.34. The monoisotopic (exact) mass is 230 g/mol. The lowest BCUT2D eigenvalue weighted by molar-refractivity contribution is 0.719. The molecule has 68 valence electrons. The number of rotatable bonds is 3. The van der Waals surface area contributed by atoms with Crippen molar-refractivity contribution >= 4 is 15.9 Å². The Morgan fingerprint density at radius 1 is 1.50 bits per heavy atom. The first kappa shape index (κ1) is 9.78. The van der Waals surface area contributed by atoms with Crippen molar-refractivity contribution in [2.24, 2.45) is 7.05 Å². The minimum absolute atomic E-state index is 1.01. The topological polar surface area (TPSA) is 17.8 Å². The van der Waals surface area contributed by atoms with Crippen LogP contribution in [0.2, 0.25) is 0 Å². The van der Waals surface area contributed by atoms with Gasteiger partial charge in [-0.1, -0.05) is 13.3 Å². The number of hydrogen-bond donors (Lipinski definition) is 0. The van der Waals surface area contributed by atoms with Crippen molar-refractivity contribution in [2.45, 2.75) is 33.1 Å². The third-order valence-corrected chi connectivity index (χ3v) is 2.79. The zero-order valence-electron chi connectivity index (χ0n) is 7.89. The predicted octanol–water partition coefficient (Wildman–Crippen LogP) is 2.83. The fraction of sp³-hybridized carbons (Fsp3) is 0.667. The van der Waals surface area contributed by atoms with Crippen molar-refractivity contribution in [1.82, 2.24) is 9.55 Å². The van der Waals surface area contributed by atoms with Gasteiger partial charge in [0.1, 0.15) is 10.4 Å². The summed E-state index contributed by atoms with van der Waals surface area (Å²) in [5.41, 5.74) is 1.31. The maximum Gasteiger partial charge on any atom is 0.127 e. The summed E-state index contributed by atoms with van der Waals surface area (Å²) in [4.78, 5) is 4.34. The maximum absolute atomic E-state index is 4.34. The van der Waals surface area contributed by atoms with Crippen molar-refractivity contribution in [3.05, 3.63) is 16.1 Å². The van der Waals surface area contributed by atoms with Crippen LogP contribution >= 0.6 is 15.9 Å². The van der Waals surface area contributed by atoms with E-state index < -0.39 is 0 Å². The third-order valence-electron chi connectivity index (χ3n) is 2.16. The van der Waals surface area contributed by atoms with Crippen LogP contribution in [0.4, 0.5) is 0 Å². The van der Waals surface area contributed by atoms with E-state index in [4.69, 9.17) is 0 Å². The molecule has 12 heavy (non-hydrogen) atoms. The van der Waals surface area contributed by atoms with E-state index in [2.05, 4.69) is 39.5 Å². The number of unbranched alkanes of at least 4 members (excludes halogenated alkanes) is 1. The molecule has 0 unspecified atom stereocenters. The van der Waals surface area contributed by atoms with Gasteiger partial charge in [0, 0.05) is 7.05 Å². The van der Waals surface area contributed by atoms with Crippen LogP contribution in [0.15, 0.2) is 4.60 Å². The predicted molar refractivity (Wildman–Crippen MR) is 54.3 cm³/mol. The Balaban J connectivity index is 2.82. The first-order chi connectivity index (χ1) is 5.66. The number of hydrogen-bond acceptors (Lipinski definition) is 1. The molecule has 0 aliphatic heterocycles. The summed E-state index contributed by atoms with van der Waals surface area (Å²) in [7, 11) is 2.07. The molecule has 0 N–H and O–H groups in total. The quantitative estimate of drug-likeness (QED) is 0.782. The second-order valence-electron chi connectivity index (χ2n) is 3.06. The molecule has 1 aromatic heterocycles. The standard InChI is InChI=1S/C9H15BrN2/c1-4-5-6-8-9(10)11-7(2)12(8)3/h4-6H2,1-3H3. The summed E-state index contributed by atoms with van der Waals surface area (Å²) in [5.74, 6) is 1.08. The number of aryl methyl sites for hydroxylation is 1. The highest BCUT2D eigenvalue weighted by Gasteiger charge is 2.07. The Hall–Kier alpha value is -0.310. The molecule has 0 amide bonds. The smallest absolute Gasteiger partial charge is 0.127 e. The van der Waals surface area contributed by atoms with Crippen LogP contribution < -0.4 is 0 Å². The van der Waals surface area contributed by atoms with Gasteiger partial charge in [0.25, 0.3) is 0 Å². The van der Waals surface area contributed by atoms with E-state index in [0.717, 1.165) is 16.8 Å². The highest BCUT2D eigenvalue weighted by atomic mass is 79.9. The zero-order valence-corrected chi connectivity index (χ0v) is 9.48. The molecule has 2 nitrogen and oxygen atoms in total. The van der Waals surface area contributed by atoms with Gasteiger partial charge in [-0.2, -0.15) is 0 Å². The zero-order chi connectivity index (χ0) is 9.14. The van der Waals surface area contributed by atoms with Gasteiger partial charge in [0.2, 0.25) is 0 Å². The Morgan fingerprint density at radius 2 is 2.17 bits per heavy atom. The van der Waals surface area contributed by atoms with Gasteiger partial charge >= 0.3 is 0 Å². The molecule has 0 radical (unpaired) electrons.